The second-order valence-electron chi connectivity index (χ2n) is 4.45. The average molecular weight is 367 g/mol. The van der Waals surface area contributed by atoms with E-state index in [4.69, 9.17) is 17.3 Å². The second kappa shape index (κ2) is 5.50. The molecule has 0 aliphatic heterocycles. The normalized spacial score (nSPS) is 10.8. The van der Waals surface area contributed by atoms with Crippen LogP contribution in [0, 0.1) is 5.82 Å². The van der Waals surface area contributed by atoms with Crippen LogP contribution in [0.2, 0.25) is 5.02 Å². The van der Waals surface area contributed by atoms with E-state index in [1.165, 1.54) is 12.1 Å². The summed E-state index contributed by atoms with van der Waals surface area (Å²) in [7, 11) is 0. The Kier molecular flexibility index (Phi) is 3.69. The van der Waals surface area contributed by atoms with Crippen LogP contribution >= 0.6 is 27.5 Å². The zero-order valence-electron chi connectivity index (χ0n) is 10.7. The molecule has 3 nitrogen and oxygen atoms in total. The summed E-state index contributed by atoms with van der Waals surface area (Å²) in [5, 5.41) is 5.03. The van der Waals surface area contributed by atoms with Gasteiger partial charge in [-0.15, -0.1) is 0 Å². The average Bonchev–Trinajstić information content (AvgIpc) is 2.81. The van der Waals surface area contributed by atoms with Crippen molar-refractivity contribution >= 4 is 33.2 Å². The molecule has 21 heavy (non-hydrogen) atoms. The quantitative estimate of drug-likeness (QED) is 0.716. The molecular formula is C15H10BrClFN3. The lowest BCUT2D eigenvalue weighted by Crippen LogP contribution is -1.95. The van der Waals surface area contributed by atoms with Crippen molar-refractivity contribution in [2.75, 3.05) is 5.73 Å². The van der Waals surface area contributed by atoms with Crippen LogP contribution in [0.1, 0.15) is 0 Å². The number of rotatable bonds is 2. The Balaban J connectivity index is 2.12. The monoisotopic (exact) mass is 365 g/mol. The highest BCUT2D eigenvalue weighted by molar-refractivity contribution is 9.10. The van der Waals surface area contributed by atoms with Crippen LogP contribution in [-0.4, -0.2) is 9.78 Å². The molecule has 0 aliphatic carbocycles. The first-order valence-electron chi connectivity index (χ1n) is 6.12. The Labute approximate surface area is 134 Å². The van der Waals surface area contributed by atoms with Crippen LogP contribution in [0.5, 0.6) is 0 Å². The third kappa shape index (κ3) is 2.66. The lowest BCUT2D eigenvalue weighted by Gasteiger charge is -2.04. The van der Waals surface area contributed by atoms with Crippen LogP contribution in [0.15, 0.2) is 53.1 Å². The fourth-order valence-corrected chi connectivity index (χ4v) is 2.80. The van der Waals surface area contributed by atoms with Gasteiger partial charge in [-0.1, -0.05) is 23.7 Å². The number of halogens is 3. The molecular weight excluding hydrogens is 357 g/mol. The zero-order chi connectivity index (χ0) is 15.0. The molecule has 3 rings (SSSR count). The van der Waals surface area contributed by atoms with Crippen LogP contribution < -0.4 is 5.73 Å². The summed E-state index contributed by atoms with van der Waals surface area (Å²) in [6.07, 6.45) is 1.69. The number of nitrogen functional groups attached to an aromatic ring is 1. The van der Waals surface area contributed by atoms with Gasteiger partial charge in [-0.2, -0.15) is 5.10 Å². The van der Waals surface area contributed by atoms with Gasteiger partial charge in [0.2, 0.25) is 0 Å². The van der Waals surface area contributed by atoms with Crippen molar-refractivity contribution in [1.82, 2.24) is 9.78 Å². The molecule has 0 amide bonds. The van der Waals surface area contributed by atoms with E-state index in [9.17, 15) is 4.39 Å². The number of hydrogen-bond donors (Lipinski definition) is 1. The van der Waals surface area contributed by atoms with Crippen LogP contribution in [-0.2, 0) is 0 Å². The van der Waals surface area contributed by atoms with E-state index in [2.05, 4.69) is 21.0 Å². The zero-order valence-corrected chi connectivity index (χ0v) is 13.1. The fourth-order valence-electron chi connectivity index (χ4n) is 2.04. The van der Waals surface area contributed by atoms with E-state index >= 15 is 0 Å². The summed E-state index contributed by atoms with van der Waals surface area (Å²) in [5.41, 5.74) is 8.54. The first-order chi connectivity index (χ1) is 10.1. The first kappa shape index (κ1) is 14.1. The summed E-state index contributed by atoms with van der Waals surface area (Å²) in [6.45, 7) is 0. The minimum atomic E-state index is -0.324. The maximum Gasteiger partial charge on any atom is 0.124 e. The van der Waals surface area contributed by atoms with Crippen molar-refractivity contribution in [2.24, 2.45) is 0 Å². The second-order valence-corrected chi connectivity index (χ2v) is 5.71. The summed E-state index contributed by atoms with van der Waals surface area (Å²) < 4.78 is 15.4. The Morgan fingerprint density at radius 1 is 1.19 bits per heavy atom. The predicted molar refractivity (Wildman–Crippen MR) is 86.1 cm³/mol. The predicted octanol–water partition coefficient (Wildman–Crippen LogP) is 4.68. The van der Waals surface area contributed by atoms with Crippen molar-refractivity contribution in [3.05, 3.63) is 64.0 Å². The molecule has 3 aromatic rings. The minimum absolute atomic E-state index is 0.324. The highest BCUT2D eigenvalue weighted by atomic mass is 79.9. The molecule has 0 spiro atoms. The molecule has 1 heterocycles. The molecule has 0 unspecified atom stereocenters. The van der Waals surface area contributed by atoms with Gasteiger partial charge in [-0.3, -0.25) is 0 Å². The lowest BCUT2D eigenvalue weighted by molar-refractivity contribution is 0.627. The largest absolute Gasteiger partial charge is 0.396 e. The molecule has 106 valence electrons. The molecule has 0 bridgehead atoms. The van der Waals surface area contributed by atoms with Gasteiger partial charge in [-0.05, 0) is 46.3 Å². The van der Waals surface area contributed by atoms with Crippen LogP contribution in [0.3, 0.4) is 0 Å². The van der Waals surface area contributed by atoms with E-state index in [1.54, 1.807) is 23.0 Å². The first-order valence-corrected chi connectivity index (χ1v) is 7.29. The molecule has 0 aliphatic rings. The van der Waals surface area contributed by atoms with Crippen molar-refractivity contribution in [3.8, 4) is 16.9 Å². The topological polar surface area (TPSA) is 43.8 Å². The van der Waals surface area contributed by atoms with E-state index in [1.807, 2.05) is 18.2 Å². The Morgan fingerprint density at radius 2 is 1.95 bits per heavy atom. The van der Waals surface area contributed by atoms with Crippen molar-refractivity contribution < 1.29 is 4.39 Å². The minimum Gasteiger partial charge on any atom is -0.396 e. The summed E-state index contributed by atoms with van der Waals surface area (Å²) in [5.74, 6) is -0.324. The number of hydrogen-bond acceptors (Lipinski definition) is 2. The van der Waals surface area contributed by atoms with Crippen LogP contribution in [0.25, 0.3) is 16.9 Å². The smallest absolute Gasteiger partial charge is 0.124 e. The SMILES string of the molecule is Nc1cn(-c2ccccc2Cl)nc1-c1ccc(F)cc1Br. The van der Waals surface area contributed by atoms with E-state index < -0.39 is 0 Å². The van der Waals surface area contributed by atoms with E-state index in [0.29, 0.717) is 20.9 Å². The van der Waals surface area contributed by atoms with Gasteiger partial charge in [0.05, 0.1) is 22.6 Å². The molecule has 6 heteroatoms. The maximum absolute atomic E-state index is 13.2. The Morgan fingerprint density at radius 3 is 2.67 bits per heavy atom. The van der Waals surface area contributed by atoms with Gasteiger partial charge in [-0.25, -0.2) is 9.07 Å². The summed E-state index contributed by atoms with van der Waals surface area (Å²) in [4.78, 5) is 0. The van der Waals surface area contributed by atoms with Gasteiger partial charge in [0, 0.05) is 10.0 Å². The Bertz CT molecular complexity index is 816. The van der Waals surface area contributed by atoms with E-state index in [-0.39, 0.29) is 5.82 Å². The highest BCUT2D eigenvalue weighted by Crippen LogP contribution is 2.32. The number of nitrogens with zero attached hydrogens (tertiary/aromatic N) is 2. The molecule has 0 atom stereocenters. The van der Waals surface area contributed by atoms with Gasteiger partial charge in [0.25, 0.3) is 0 Å². The standard InChI is InChI=1S/C15H10BrClFN3/c16-11-7-9(18)5-6-10(11)15-13(19)8-21(20-15)14-4-2-1-3-12(14)17/h1-8H,19H2. The molecule has 0 radical (unpaired) electrons. The molecule has 2 aromatic carbocycles. The lowest BCUT2D eigenvalue weighted by atomic mass is 10.1. The molecule has 0 fully saturated rings. The number of aromatic nitrogens is 2. The number of benzene rings is 2. The van der Waals surface area contributed by atoms with Gasteiger partial charge >= 0.3 is 0 Å². The van der Waals surface area contributed by atoms with Crippen molar-refractivity contribution in [2.45, 2.75) is 0 Å². The van der Waals surface area contributed by atoms with E-state index in [0.717, 1.165) is 11.3 Å². The van der Waals surface area contributed by atoms with Crippen LogP contribution in [0.4, 0.5) is 10.1 Å². The Hall–Kier alpha value is -1.85. The molecule has 1 aromatic heterocycles. The highest BCUT2D eigenvalue weighted by Gasteiger charge is 2.14. The number of nitrogens with two attached hydrogens (primary N) is 1. The molecule has 2 N–H and O–H groups in total. The van der Waals surface area contributed by atoms with Crippen molar-refractivity contribution in [1.29, 1.82) is 0 Å². The molecule has 0 saturated carbocycles. The maximum atomic E-state index is 13.2. The fraction of sp³-hybridized carbons (Fsp3) is 0. The summed E-state index contributed by atoms with van der Waals surface area (Å²) in [6, 6.07) is 11.7. The van der Waals surface area contributed by atoms with Gasteiger partial charge in [0.15, 0.2) is 0 Å². The van der Waals surface area contributed by atoms with Crippen molar-refractivity contribution in [3.63, 3.8) is 0 Å². The van der Waals surface area contributed by atoms with Gasteiger partial charge in [0.1, 0.15) is 11.5 Å². The molecule has 0 saturated heterocycles. The number of anilines is 1. The summed E-state index contributed by atoms with van der Waals surface area (Å²) >= 11 is 9.49. The third-order valence-corrected chi connectivity index (χ3v) is 4.00. The third-order valence-electron chi connectivity index (χ3n) is 3.03. The number of para-hydroxylation sites is 1. The van der Waals surface area contributed by atoms with Gasteiger partial charge < -0.3 is 5.73 Å².